The van der Waals surface area contributed by atoms with Crippen molar-refractivity contribution in [3.05, 3.63) is 30.3 Å². The van der Waals surface area contributed by atoms with Gasteiger partial charge in [0.15, 0.2) is 0 Å². The van der Waals surface area contributed by atoms with Gasteiger partial charge in [-0.15, -0.1) is 0 Å². The predicted octanol–water partition coefficient (Wildman–Crippen LogP) is 2.03. The number of rotatable bonds is 29. The molecule has 216 valence electrons. The van der Waals surface area contributed by atoms with Gasteiger partial charge in [0.1, 0.15) is 0 Å². The Hall–Kier alpha value is -1.34. The summed E-state index contributed by atoms with van der Waals surface area (Å²) in [6, 6.07) is 10.5. The summed E-state index contributed by atoms with van der Waals surface area (Å²) in [5.74, 6) is 0. The molecule has 0 heterocycles. The van der Waals surface area contributed by atoms with Crippen molar-refractivity contribution in [3.63, 3.8) is 0 Å². The zero-order valence-electron chi connectivity index (χ0n) is 22.7. The second-order valence-electron chi connectivity index (χ2n) is 7.89. The van der Waals surface area contributed by atoms with Gasteiger partial charge in [-0.05, 0) is 25.5 Å². The van der Waals surface area contributed by atoms with Crippen LogP contribution in [0.5, 0.6) is 0 Å². The Balaban J connectivity index is 1.70. The lowest BCUT2D eigenvalue weighted by Gasteiger charge is -2.22. The Kier molecular flexibility index (Phi) is 25.2. The van der Waals surface area contributed by atoms with Crippen LogP contribution in [0.3, 0.4) is 0 Å². The van der Waals surface area contributed by atoms with Gasteiger partial charge in [-0.25, -0.2) is 0 Å². The number of para-hydroxylation sites is 1. The fourth-order valence-corrected chi connectivity index (χ4v) is 3.17. The van der Waals surface area contributed by atoms with Crippen LogP contribution in [0.15, 0.2) is 30.3 Å². The first-order valence-electron chi connectivity index (χ1n) is 13.4. The van der Waals surface area contributed by atoms with Crippen LogP contribution >= 0.6 is 0 Å². The summed E-state index contributed by atoms with van der Waals surface area (Å²) in [5, 5.41) is 8.56. The third-order valence-corrected chi connectivity index (χ3v) is 5.06. The average Bonchev–Trinajstić information content (AvgIpc) is 2.93. The lowest BCUT2D eigenvalue weighted by Crippen LogP contribution is -2.25. The first kappa shape index (κ1) is 33.7. The highest BCUT2D eigenvalue weighted by atomic mass is 16.6. The highest BCUT2D eigenvalue weighted by molar-refractivity contribution is 5.45. The van der Waals surface area contributed by atoms with Crippen LogP contribution in [0.1, 0.15) is 13.3 Å². The number of hydrogen-bond donors (Lipinski definition) is 1. The van der Waals surface area contributed by atoms with Crippen LogP contribution in [0.25, 0.3) is 0 Å². The quantitative estimate of drug-likeness (QED) is 0.155. The van der Waals surface area contributed by atoms with E-state index in [1.54, 1.807) is 0 Å². The Labute approximate surface area is 223 Å². The topological polar surface area (TPSA) is 97.3 Å². The van der Waals surface area contributed by atoms with Crippen molar-refractivity contribution in [1.29, 1.82) is 0 Å². The van der Waals surface area contributed by atoms with E-state index in [4.69, 9.17) is 43.0 Å². The normalized spacial score (nSPS) is 11.3. The van der Waals surface area contributed by atoms with E-state index < -0.39 is 0 Å². The maximum atomic E-state index is 8.56. The van der Waals surface area contributed by atoms with E-state index in [1.807, 2.05) is 6.07 Å². The summed E-state index contributed by atoms with van der Waals surface area (Å²) in [7, 11) is 0. The Morgan fingerprint density at radius 3 is 1.22 bits per heavy atom. The minimum absolute atomic E-state index is 0.0315. The van der Waals surface area contributed by atoms with Crippen LogP contribution < -0.4 is 4.90 Å². The number of aliphatic hydroxyl groups excluding tert-OH is 1. The van der Waals surface area contributed by atoms with Gasteiger partial charge in [-0.1, -0.05) is 18.2 Å². The molecule has 0 bridgehead atoms. The third-order valence-electron chi connectivity index (χ3n) is 5.06. The summed E-state index contributed by atoms with van der Waals surface area (Å²) < 4.78 is 43.4. The molecule has 0 spiro atoms. The van der Waals surface area contributed by atoms with Gasteiger partial charge in [-0.3, -0.25) is 0 Å². The summed E-state index contributed by atoms with van der Waals surface area (Å²) >= 11 is 0. The number of benzene rings is 1. The molecule has 10 heteroatoms. The molecule has 0 radical (unpaired) electrons. The lowest BCUT2D eigenvalue weighted by atomic mass is 10.2. The van der Waals surface area contributed by atoms with Gasteiger partial charge in [0.25, 0.3) is 0 Å². The first-order chi connectivity index (χ1) is 18.4. The lowest BCUT2D eigenvalue weighted by molar-refractivity contribution is -0.0238. The Morgan fingerprint density at radius 2 is 0.865 bits per heavy atom. The molecule has 0 saturated carbocycles. The molecule has 0 aromatic heterocycles. The molecule has 0 amide bonds. The Morgan fingerprint density at radius 1 is 0.514 bits per heavy atom. The highest BCUT2D eigenvalue weighted by Gasteiger charge is 2.02. The van der Waals surface area contributed by atoms with Gasteiger partial charge in [-0.2, -0.15) is 0 Å². The zero-order valence-corrected chi connectivity index (χ0v) is 22.7. The van der Waals surface area contributed by atoms with E-state index >= 15 is 0 Å². The summed E-state index contributed by atoms with van der Waals surface area (Å²) in [4.78, 5) is 2.35. The molecule has 1 aromatic carbocycles. The molecular weight excluding hydrogens is 482 g/mol. The molecule has 0 saturated heterocycles. The Bertz CT molecular complexity index is 568. The molecule has 0 fully saturated rings. The van der Waals surface area contributed by atoms with E-state index in [2.05, 4.69) is 36.1 Å². The van der Waals surface area contributed by atoms with Crippen molar-refractivity contribution in [1.82, 2.24) is 0 Å². The second kappa shape index (κ2) is 27.7. The standard InChI is InChI=1S/C27H49NO9/c1-2-28(27-7-4-3-5-8-27)9-6-11-30-13-15-32-17-19-34-21-23-36-25-26-37-24-22-35-20-18-33-16-14-31-12-10-29/h3-5,7-8,29H,2,6,9-26H2,1H3. The second-order valence-corrected chi connectivity index (χ2v) is 7.89. The van der Waals surface area contributed by atoms with Gasteiger partial charge in [0.05, 0.1) is 106 Å². The van der Waals surface area contributed by atoms with Crippen molar-refractivity contribution in [2.24, 2.45) is 0 Å². The molecule has 0 aliphatic carbocycles. The third kappa shape index (κ3) is 22.4. The van der Waals surface area contributed by atoms with E-state index in [0.717, 1.165) is 26.1 Å². The molecule has 0 atom stereocenters. The largest absolute Gasteiger partial charge is 0.394 e. The van der Waals surface area contributed by atoms with Crippen molar-refractivity contribution >= 4 is 5.69 Å². The van der Waals surface area contributed by atoms with Crippen molar-refractivity contribution in [2.45, 2.75) is 13.3 Å². The van der Waals surface area contributed by atoms with Gasteiger partial charge in [0, 0.05) is 25.4 Å². The maximum absolute atomic E-state index is 8.56. The van der Waals surface area contributed by atoms with Gasteiger partial charge >= 0.3 is 0 Å². The van der Waals surface area contributed by atoms with Crippen molar-refractivity contribution < 1.29 is 43.0 Å². The minimum Gasteiger partial charge on any atom is -0.394 e. The maximum Gasteiger partial charge on any atom is 0.0701 e. The fraction of sp³-hybridized carbons (Fsp3) is 0.778. The monoisotopic (exact) mass is 531 g/mol. The van der Waals surface area contributed by atoms with Gasteiger partial charge < -0.3 is 47.9 Å². The zero-order chi connectivity index (χ0) is 26.5. The van der Waals surface area contributed by atoms with Crippen LogP contribution in [0.4, 0.5) is 5.69 Å². The molecule has 1 N–H and O–H groups in total. The molecule has 0 aliphatic heterocycles. The smallest absolute Gasteiger partial charge is 0.0701 e. The van der Waals surface area contributed by atoms with Crippen molar-refractivity contribution in [3.8, 4) is 0 Å². The van der Waals surface area contributed by atoms with E-state index in [9.17, 15) is 0 Å². The molecule has 1 rings (SSSR count). The van der Waals surface area contributed by atoms with E-state index in [-0.39, 0.29) is 6.61 Å². The molecular formula is C27H49NO9. The SMILES string of the molecule is CCN(CCCOCCOCCOCCOCCOCCOCCOCCOCCO)c1ccccc1. The summed E-state index contributed by atoms with van der Waals surface area (Å²) in [5.41, 5.74) is 1.25. The van der Waals surface area contributed by atoms with Crippen LogP contribution in [-0.2, 0) is 37.9 Å². The molecule has 37 heavy (non-hydrogen) atoms. The van der Waals surface area contributed by atoms with Gasteiger partial charge in [0.2, 0.25) is 0 Å². The molecule has 0 unspecified atom stereocenters. The average molecular weight is 532 g/mol. The number of anilines is 1. The van der Waals surface area contributed by atoms with Crippen molar-refractivity contribution in [2.75, 3.05) is 130 Å². The number of aliphatic hydroxyl groups is 1. The molecule has 10 nitrogen and oxygen atoms in total. The molecule has 0 aliphatic rings. The molecule has 1 aromatic rings. The summed E-state index contributed by atoms with van der Waals surface area (Å²) in [6.45, 7) is 12.7. The number of hydrogen-bond acceptors (Lipinski definition) is 10. The fourth-order valence-electron chi connectivity index (χ4n) is 3.17. The summed E-state index contributed by atoms with van der Waals surface area (Å²) in [6.07, 6.45) is 0.990. The number of nitrogens with zero attached hydrogens (tertiary/aromatic N) is 1. The number of ether oxygens (including phenoxy) is 8. The van der Waals surface area contributed by atoms with E-state index in [1.165, 1.54) is 5.69 Å². The first-order valence-corrected chi connectivity index (χ1v) is 13.4. The van der Waals surface area contributed by atoms with E-state index in [0.29, 0.717) is 99.1 Å². The minimum atomic E-state index is 0.0315. The highest BCUT2D eigenvalue weighted by Crippen LogP contribution is 2.12. The van der Waals surface area contributed by atoms with Crippen LogP contribution in [0, 0.1) is 0 Å². The van der Waals surface area contributed by atoms with Crippen LogP contribution in [0.2, 0.25) is 0 Å². The predicted molar refractivity (Wildman–Crippen MR) is 143 cm³/mol. The van der Waals surface area contributed by atoms with Crippen LogP contribution in [-0.4, -0.2) is 131 Å².